The van der Waals surface area contributed by atoms with E-state index in [-0.39, 0.29) is 11.7 Å². The molecule has 2 aromatic rings. The Hall–Kier alpha value is -2.58. The zero-order valence-corrected chi connectivity index (χ0v) is 12.4. The van der Waals surface area contributed by atoms with E-state index in [1.807, 2.05) is 0 Å². The number of rotatable bonds is 2. The molecule has 0 aliphatic heterocycles. The second-order valence-corrected chi connectivity index (χ2v) is 4.93. The third-order valence-electron chi connectivity index (χ3n) is 2.22. The van der Waals surface area contributed by atoms with Crippen LogP contribution in [0.15, 0.2) is 53.4 Å². The van der Waals surface area contributed by atoms with E-state index in [0.717, 1.165) is 10.6 Å². The van der Waals surface area contributed by atoms with E-state index < -0.39 is 0 Å². The van der Waals surface area contributed by atoms with Gasteiger partial charge in [-0.05, 0) is 59.5 Å². The molecule has 1 amide bonds. The van der Waals surface area contributed by atoms with Crippen LogP contribution in [0.25, 0.3) is 0 Å². The monoisotopic (exact) mass is 300 g/mol. The van der Waals surface area contributed by atoms with E-state index in [1.54, 1.807) is 48.5 Å². The molecule has 2 rings (SSSR count). The van der Waals surface area contributed by atoms with Crippen LogP contribution in [0, 0.1) is 11.7 Å². The van der Waals surface area contributed by atoms with E-state index in [2.05, 4.69) is 10.6 Å². The van der Waals surface area contributed by atoms with Crippen LogP contribution in [0.5, 0.6) is 5.75 Å². The molecule has 5 heteroatoms. The van der Waals surface area contributed by atoms with Crippen LogP contribution in [-0.4, -0.2) is 11.0 Å². The molecule has 0 bridgehead atoms. The summed E-state index contributed by atoms with van der Waals surface area (Å²) in [6.07, 6.45) is 5.05. The fraction of sp³-hybridized carbons (Fsp3) is 0.0625. The van der Waals surface area contributed by atoms with Gasteiger partial charge in [0.25, 0.3) is 0 Å². The van der Waals surface area contributed by atoms with Gasteiger partial charge in [-0.15, -0.1) is 6.42 Å². The van der Waals surface area contributed by atoms with Crippen molar-refractivity contribution in [3.8, 4) is 17.4 Å². The average Bonchev–Trinajstić information content (AvgIpc) is 2.42. The Morgan fingerprint density at radius 1 is 1.29 bits per heavy atom. The van der Waals surface area contributed by atoms with Gasteiger partial charge >= 0.3 is 0 Å². The number of nitrogens with one attached hydrogen (secondary N) is 1. The molecule has 0 fully saturated rings. The fourth-order valence-electron chi connectivity index (χ4n) is 1.40. The van der Waals surface area contributed by atoms with Gasteiger partial charge in [-0.1, -0.05) is 6.07 Å². The molecule has 0 saturated heterocycles. The van der Waals surface area contributed by atoms with Crippen LogP contribution in [-0.2, 0) is 4.79 Å². The average molecular weight is 300 g/mol. The highest BCUT2D eigenvalue weighted by Gasteiger charge is 1.93. The van der Waals surface area contributed by atoms with Crippen LogP contribution < -0.4 is 11.1 Å². The zero-order chi connectivity index (χ0) is 15.7. The predicted octanol–water partition coefficient (Wildman–Crippen LogP) is 3.30. The van der Waals surface area contributed by atoms with Gasteiger partial charge in [-0.2, -0.15) is 0 Å². The van der Waals surface area contributed by atoms with Crippen molar-refractivity contribution in [2.75, 3.05) is 11.1 Å². The van der Waals surface area contributed by atoms with Gasteiger partial charge in [-0.3, -0.25) is 4.79 Å². The number of phenols is 1. The smallest absolute Gasteiger partial charge is 0.221 e. The first-order valence-electron chi connectivity index (χ1n) is 6.06. The van der Waals surface area contributed by atoms with Crippen LogP contribution in [0.3, 0.4) is 0 Å². The van der Waals surface area contributed by atoms with Gasteiger partial charge in [0.1, 0.15) is 5.75 Å². The van der Waals surface area contributed by atoms with Crippen molar-refractivity contribution in [2.45, 2.75) is 11.8 Å². The first-order valence-corrected chi connectivity index (χ1v) is 6.87. The third kappa shape index (κ3) is 6.95. The molecular formula is C16H16N2O2S. The number of terminal acetylenes is 1. The highest BCUT2D eigenvalue weighted by molar-refractivity contribution is 8.03. The second-order valence-electron chi connectivity index (χ2n) is 4.02. The van der Waals surface area contributed by atoms with Crippen LogP contribution in [0.4, 0.5) is 11.4 Å². The topological polar surface area (TPSA) is 75.3 Å². The normalized spacial score (nSPS) is 8.95. The standard InChI is InChI=1S/C8H10N2O.C8H6OS/c1-6(11)10-8-4-2-3-7(9)5-8;1-2-10-8-5-3-7(9)4-6-8/h2-5H,9H2,1H3,(H,10,11);1,3-6,9H. The lowest BCUT2D eigenvalue weighted by molar-refractivity contribution is -0.114. The molecule has 0 aliphatic rings. The summed E-state index contributed by atoms with van der Waals surface area (Å²) in [4.78, 5) is 11.5. The molecule has 108 valence electrons. The minimum atomic E-state index is -0.0874. The maximum atomic E-state index is 10.6. The van der Waals surface area contributed by atoms with Crippen LogP contribution >= 0.6 is 11.8 Å². The zero-order valence-electron chi connectivity index (χ0n) is 11.5. The molecule has 0 unspecified atom stereocenters. The Morgan fingerprint density at radius 2 is 1.95 bits per heavy atom. The number of benzene rings is 2. The fourth-order valence-corrected chi connectivity index (χ4v) is 1.81. The summed E-state index contributed by atoms with van der Waals surface area (Å²) in [6.45, 7) is 1.46. The van der Waals surface area contributed by atoms with Crippen molar-refractivity contribution in [3.05, 3.63) is 48.5 Å². The first kappa shape index (κ1) is 16.5. The Bertz CT molecular complexity index is 633. The van der Waals surface area contributed by atoms with Crippen molar-refractivity contribution in [1.29, 1.82) is 0 Å². The number of hydrogen-bond donors (Lipinski definition) is 3. The SMILES string of the molecule is C#CSc1ccc(O)cc1.CC(=O)Nc1cccc(N)c1. The number of aromatic hydroxyl groups is 1. The summed E-state index contributed by atoms with van der Waals surface area (Å²) in [5.41, 5.74) is 6.87. The van der Waals surface area contributed by atoms with E-state index in [0.29, 0.717) is 5.69 Å². The van der Waals surface area contributed by atoms with Gasteiger partial charge in [0.15, 0.2) is 0 Å². The van der Waals surface area contributed by atoms with Gasteiger partial charge in [0, 0.05) is 23.2 Å². The molecule has 0 spiro atoms. The number of anilines is 2. The van der Waals surface area contributed by atoms with E-state index in [1.165, 1.54) is 18.7 Å². The van der Waals surface area contributed by atoms with Crippen molar-refractivity contribution in [2.24, 2.45) is 0 Å². The predicted molar refractivity (Wildman–Crippen MR) is 88.0 cm³/mol. The minimum absolute atomic E-state index is 0.0874. The number of carbonyl (C=O) groups is 1. The van der Waals surface area contributed by atoms with Crippen LogP contribution in [0.2, 0.25) is 0 Å². The number of nitrogens with two attached hydrogens (primary N) is 1. The molecule has 0 atom stereocenters. The lowest BCUT2D eigenvalue weighted by Gasteiger charge is -2.01. The lowest BCUT2D eigenvalue weighted by Crippen LogP contribution is -2.05. The largest absolute Gasteiger partial charge is 0.508 e. The summed E-state index contributed by atoms with van der Waals surface area (Å²) in [5, 5.41) is 13.9. The van der Waals surface area contributed by atoms with Crippen molar-refractivity contribution >= 4 is 29.0 Å². The Kier molecular flexibility index (Phi) is 6.72. The molecule has 0 saturated carbocycles. The Morgan fingerprint density at radius 3 is 2.48 bits per heavy atom. The van der Waals surface area contributed by atoms with Gasteiger partial charge in [0.2, 0.25) is 5.91 Å². The molecule has 2 aromatic carbocycles. The number of amides is 1. The number of nitrogen functional groups attached to an aromatic ring is 1. The molecule has 0 heterocycles. The highest BCUT2D eigenvalue weighted by Crippen LogP contribution is 2.18. The first-order chi connectivity index (χ1) is 10.0. The quantitative estimate of drug-likeness (QED) is 0.452. The number of thioether (sulfide) groups is 1. The van der Waals surface area contributed by atoms with Gasteiger partial charge < -0.3 is 16.2 Å². The van der Waals surface area contributed by atoms with Crippen molar-refractivity contribution < 1.29 is 9.90 Å². The summed E-state index contributed by atoms with van der Waals surface area (Å²) >= 11 is 1.30. The summed E-state index contributed by atoms with van der Waals surface area (Å²) < 4.78 is 0. The number of carbonyl (C=O) groups excluding carboxylic acids is 1. The summed E-state index contributed by atoms with van der Waals surface area (Å²) in [7, 11) is 0. The van der Waals surface area contributed by atoms with Gasteiger partial charge in [-0.25, -0.2) is 0 Å². The maximum Gasteiger partial charge on any atom is 0.221 e. The Balaban J connectivity index is 0.000000211. The second kappa shape index (κ2) is 8.56. The lowest BCUT2D eigenvalue weighted by atomic mass is 10.3. The van der Waals surface area contributed by atoms with Gasteiger partial charge in [0.05, 0.1) is 0 Å². The van der Waals surface area contributed by atoms with E-state index >= 15 is 0 Å². The van der Waals surface area contributed by atoms with Crippen molar-refractivity contribution in [3.63, 3.8) is 0 Å². The highest BCUT2D eigenvalue weighted by atomic mass is 32.2. The maximum absolute atomic E-state index is 10.6. The van der Waals surface area contributed by atoms with E-state index in [9.17, 15) is 4.79 Å². The molecule has 0 aliphatic carbocycles. The number of hydrogen-bond acceptors (Lipinski definition) is 4. The molecule has 0 radical (unpaired) electrons. The van der Waals surface area contributed by atoms with E-state index in [4.69, 9.17) is 17.3 Å². The van der Waals surface area contributed by atoms with Crippen molar-refractivity contribution in [1.82, 2.24) is 0 Å². The minimum Gasteiger partial charge on any atom is -0.508 e. The molecule has 4 N–H and O–H groups in total. The molecular weight excluding hydrogens is 284 g/mol. The molecule has 0 aromatic heterocycles. The summed E-state index contributed by atoms with van der Waals surface area (Å²) in [6, 6.07) is 13.8. The third-order valence-corrected chi connectivity index (χ3v) is 2.85. The molecule has 4 nitrogen and oxygen atoms in total. The van der Waals surface area contributed by atoms with Crippen LogP contribution in [0.1, 0.15) is 6.92 Å². The molecule has 21 heavy (non-hydrogen) atoms. The Labute approximate surface area is 128 Å². The summed E-state index contributed by atoms with van der Waals surface area (Å²) in [5.74, 6) is 0.178. The number of phenolic OH excluding ortho intramolecular Hbond substituents is 1.